The second kappa shape index (κ2) is 8.44. The quantitative estimate of drug-likeness (QED) is 0.397. The van der Waals surface area contributed by atoms with Gasteiger partial charge in [0.15, 0.2) is 0 Å². The van der Waals surface area contributed by atoms with Crippen LogP contribution in [0.25, 0.3) is 22.2 Å². The summed E-state index contributed by atoms with van der Waals surface area (Å²) in [6, 6.07) is 16.9. The fourth-order valence-corrected chi connectivity index (χ4v) is 3.99. The highest BCUT2D eigenvalue weighted by atomic mass is 35.5. The molecule has 0 fully saturated rings. The Balaban J connectivity index is 1.76. The molecule has 6 heteroatoms. The van der Waals surface area contributed by atoms with Crippen LogP contribution in [0.3, 0.4) is 0 Å². The van der Waals surface area contributed by atoms with Gasteiger partial charge in [-0.3, -0.25) is 0 Å². The van der Waals surface area contributed by atoms with Gasteiger partial charge >= 0.3 is 5.97 Å². The van der Waals surface area contributed by atoms with Gasteiger partial charge in [0.1, 0.15) is 11.6 Å². The molecule has 0 aliphatic heterocycles. The molecular formula is C25H23ClN2O3. The van der Waals surface area contributed by atoms with Crippen LogP contribution in [0, 0.1) is 13.8 Å². The van der Waals surface area contributed by atoms with E-state index in [1.165, 1.54) is 0 Å². The predicted octanol–water partition coefficient (Wildman–Crippen LogP) is 6.12. The van der Waals surface area contributed by atoms with E-state index in [1.807, 2.05) is 51.1 Å². The third-order valence-electron chi connectivity index (χ3n) is 5.36. The van der Waals surface area contributed by atoms with Crippen LogP contribution in [-0.2, 0) is 6.54 Å². The van der Waals surface area contributed by atoms with Crippen LogP contribution in [0.1, 0.15) is 34.2 Å². The molecule has 0 unspecified atom stereocenters. The van der Waals surface area contributed by atoms with Crippen molar-refractivity contribution < 1.29 is 14.6 Å². The number of benzene rings is 3. The Bertz CT molecular complexity index is 1280. The number of ether oxygens (including phenoxy) is 1. The fraction of sp³-hybridized carbons (Fsp3) is 0.200. The summed E-state index contributed by atoms with van der Waals surface area (Å²) in [5.74, 6) is 0.729. The summed E-state index contributed by atoms with van der Waals surface area (Å²) in [4.78, 5) is 15.9. The maximum Gasteiger partial charge on any atom is 0.335 e. The van der Waals surface area contributed by atoms with Crippen molar-refractivity contribution in [2.75, 3.05) is 6.61 Å². The zero-order valence-corrected chi connectivity index (χ0v) is 18.4. The number of imidazole rings is 1. The lowest BCUT2D eigenvalue weighted by molar-refractivity contribution is 0.0697. The van der Waals surface area contributed by atoms with E-state index >= 15 is 0 Å². The molecule has 3 aromatic carbocycles. The van der Waals surface area contributed by atoms with Gasteiger partial charge in [-0.2, -0.15) is 0 Å². The van der Waals surface area contributed by atoms with E-state index in [1.54, 1.807) is 12.1 Å². The fourth-order valence-electron chi connectivity index (χ4n) is 3.76. The smallest absolute Gasteiger partial charge is 0.335 e. The van der Waals surface area contributed by atoms with Gasteiger partial charge in [-0.05, 0) is 79.4 Å². The average Bonchev–Trinajstić information content (AvgIpc) is 3.06. The zero-order chi connectivity index (χ0) is 22.1. The van der Waals surface area contributed by atoms with Crippen molar-refractivity contribution in [2.45, 2.75) is 27.3 Å². The Hall–Kier alpha value is -3.31. The third-order valence-corrected chi connectivity index (χ3v) is 5.72. The van der Waals surface area contributed by atoms with Gasteiger partial charge in [0.2, 0.25) is 0 Å². The van der Waals surface area contributed by atoms with Crippen LogP contribution in [0.2, 0.25) is 5.02 Å². The van der Waals surface area contributed by atoms with E-state index in [2.05, 4.69) is 16.7 Å². The molecule has 1 heterocycles. The summed E-state index contributed by atoms with van der Waals surface area (Å²) in [6.07, 6.45) is 0. The highest BCUT2D eigenvalue weighted by molar-refractivity contribution is 6.31. The standard InChI is InChI=1S/C25H23ClN2O3/c1-4-31-21-10-9-19(22(26)13-21)14-28-16(3)27-24-15(2)11-20(12-23(24)28)17-5-7-18(8-6-17)25(29)30/h5-13H,4,14H2,1-3H3,(H,29,30). The maximum absolute atomic E-state index is 11.2. The number of halogens is 1. The normalized spacial score (nSPS) is 11.1. The van der Waals surface area contributed by atoms with Crippen molar-refractivity contribution in [3.8, 4) is 16.9 Å². The van der Waals surface area contributed by atoms with Gasteiger partial charge in [-0.25, -0.2) is 9.78 Å². The molecule has 31 heavy (non-hydrogen) atoms. The molecule has 0 amide bonds. The van der Waals surface area contributed by atoms with Gasteiger partial charge in [0.05, 0.1) is 29.7 Å². The van der Waals surface area contributed by atoms with Gasteiger partial charge in [-0.15, -0.1) is 0 Å². The van der Waals surface area contributed by atoms with Crippen molar-refractivity contribution >= 4 is 28.6 Å². The highest BCUT2D eigenvalue weighted by Crippen LogP contribution is 2.30. The maximum atomic E-state index is 11.2. The number of fused-ring (bicyclic) bond motifs is 1. The number of carboxylic acid groups (broad SMARTS) is 1. The zero-order valence-electron chi connectivity index (χ0n) is 17.6. The van der Waals surface area contributed by atoms with E-state index in [-0.39, 0.29) is 5.56 Å². The SMILES string of the molecule is CCOc1ccc(Cn2c(C)nc3c(C)cc(-c4ccc(C(=O)O)cc4)cc32)c(Cl)c1. The minimum atomic E-state index is -0.931. The molecule has 0 saturated heterocycles. The molecule has 1 aromatic heterocycles. The second-order valence-corrected chi connectivity index (χ2v) is 7.88. The molecular weight excluding hydrogens is 412 g/mol. The molecule has 0 aliphatic carbocycles. The highest BCUT2D eigenvalue weighted by Gasteiger charge is 2.14. The van der Waals surface area contributed by atoms with Crippen molar-refractivity contribution in [1.29, 1.82) is 0 Å². The number of carboxylic acids is 1. The Morgan fingerprint density at radius 3 is 2.45 bits per heavy atom. The van der Waals surface area contributed by atoms with Gasteiger partial charge in [0, 0.05) is 5.02 Å². The third kappa shape index (κ3) is 4.14. The Morgan fingerprint density at radius 2 is 1.81 bits per heavy atom. The number of rotatable bonds is 6. The largest absolute Gasteiger partial charge is 0.494 e. The van der Waals surface area contributed by atoms with Crippen LogP contribution in [-0.4, -0.2) is 27.2 Å². The molecule has 5 nitrogen and oxygen atoms in total. The summed E-state index contributed by atoms with van der Waals surface area (Å²) in [5, 5.41) is 9.81. The number of nitrogens with zero attached hydrogens (tertiary/aromatic N) is 2. The molecule has 0 saturated carbocycles. The first kappa shape index (κ1) is 20.9. The summed E-state index contributed by atoms with van der Waals surface area (Å²) in [7, 11) is 0. The lowest BCUT2D eigenvalue weighted by atomic mass is 10.0. The van der Waals surface area contributed by atoms with E-state index in [0.717, 1.165) is 44.9 Å². The second-order valence-electron chi connectivity index (χ2n) is 7.47. The van der Waals surface area contributed by atoms with Crippen molar-refractivity contribution in [3.63, 3.8) is 0 Å². The number of hydrogen-bond acceptors (Lipinski definition) is 3. The van der Waals surface area contributed by atoms with Crippen LogP contribution in [0.5, 0.6) is 5.75 Å². The monoisotopic (exact) mass is 434 g/mol. The van der Waals surface area contributed by atoms with Crippen molar-refractivity contribution in [3.05, 3.63) is 82.1 Å². The van der Waals surface area contributed by atoms with Gasteiger partial charge in [-0.1, -0.05) is 29.8 Å². The van der Waals surface area contributed by atoms with E-state index in [4.69, 9.17) is 26.4 Å². The summed E-state index contributed by atoms with van der Waals surface area (Å²) < 4.78 is 7.69. The van der Waals surface area contributed by atoms with Crippen LogP contribution in [0.4, 0.5) is 0 Å². The molecule has 0 radical (unpaired) electrons. The minimum absolute atomic E-state index is 0.271. The number of hydrogen-bond donors (Lipinski definition) is 1. The van der Waals surface area contributed by atoms with Crippen LogP contribution >= 0.6 is 11.6 Å². The van der Waals surface area contributed by atoms with Crippen LogP contribution < -0.4 is 4.74 Å². The predicted molar refractivity (Wildman–Crippen MR) is 123 cm³/mol. The summed E-state index contributed by atoms with van der Waals surface area (Å²) in [6.45, 7) is 7.16. The molecule has 1 N–H and O–H groups in total. The van der Waals surface area contributed by atoms with Crippen molar-refractivity contribution in [1.82, 2.24) is 9.55 Å². The lowest BCUT2D eigenvalue weighted by Crippen LogP contribution is -2.03. The summed E-state index contributed by atoms with van der Waals surface area (Å²) in [5.41, 5.74) is 6.26. The summed E-state index contributed by atoms with van der Waals surface area (Å²) >= 11 is 6.52. The lowest BCUT2D eigenvalue weighted by Gasteiger charge is -2.12. The average molecular weight is 435 g/mol. The van der Waals surface area contributed by atoms with E-state index in [0.29, 0.717) is 18.2 Å². The molecule has 0 bridgehead atoms. The molecule has 0 aliphatic rings. The van der Waals surface area contributed by atoms with Crippen molar-refractivity contribution in [2.24, 2.45) is 0 Å². The number of aromatic carboxylic acids is 1. The van der Waals surface area contributed by atoms with Gasteiger partial charge < -0.3 is 14.4 Å². The van der Waals surface area contributed by atoms with Crippen LogP contribution in [0.15, 0.2) is 54.6 Å². The molecule has 4 aromatic rings. The molecule has 0 spiro atoms. The van der Waals surface area contributed by atoms with Gasteiger partial charge in [0.25, 0.3) is 0 Å². The minimum Gasteiger partial charge on any atom is -0.494 e. The number of carbonyl (C=O) groups is 1. The molecule has 0 atom stereocenters. The topological polar surface area (TPSA) is 64.4 Å². The first-order valence-corrected chi connectivity index (χ1v) is 10.5. The first-order chi connectivity index (χ1) is 14.9. The van der Waals surface area contributed by atoms with E-state index in [9.17, 15) is 4.79 Å². The molecule has 4 rings (SSSR count). The number of aryl methyl sites for hydroxylation is 2. The Kier molecular flexibility index (Phi) is 5.70. The molecule has 158 valence electrons. The van der Waals surface area contributed by atoms with E-state index < -0.39 is 5.97 Å². The number of aromatic nitrogens is 2. The Labute approximate surface area is 185 Å². The Morgan fingerprint density at radius 1 is 1.06 bits per heavy atom. The first-order valence-electron chi connectivity index (χ1n) is 10.1.